The summed E-state index contributed by atoms with van der Waals surface area (Å²) in [5.74, 6) is -0.321. The fourth-order valence-corrected chi connectivity index (χ4v) is 4.92. The number of carbonyl (C=O) groups excluding carboxylic acids is 1. The second-order valence-electron chi connectivity index (χ2n) is 8.30. The van der Waals surface area contributed by atoms with Gasteiger partial charge in [0.25, 0.3) is 0 Å². The molecule has 1 heterocycles. The van der Waals surface area contributed by atoms with Gasteiger partial charge >= 0.3 is 12.6 Å². The molecule has 0 radical (unpaired) electrons. The van der Waals surface area contributed by atoms with Crippen LogP contribution in [0.25, 0.3) is 0 Å². The van der Waals surface area contributed by atoms with Gasteiger partial charge in [-0.1, -0.05) is 27.7 Å². The van der Waals surface area contributed by atoms with Crippen LogP contribution >= 0.6 is 11.3 Å². The van der Waals surface area contributed by atoms with Gasteiger partial charge in [-0.3, -0.25) is 0 Å². The molecule has 32 heavy (non-hydrogen) atoms. The summed E-state index contributed by atoms with van der Waals surface area (Å²) < 4.78 is 46.6. The number of anilines is 1. The van der Waals surface area contributed by atoms with Crippen LogP contribution in [-0.4, -0.2) is 26.9 Å². The van der Waals surface area contributed by atoms with Crippen molar-refractivity contribution in [3.8, 4) is 5.75 Å². The van der Waals surface area contributed by atoms with Crippen molar-refractivity contribution in [2.24, 2.45) is 9.50 Å². The molecule has 1 aromatic heterocycles. The maximum absolute atomic E-state index is 12.9. The molecule has 0 aliphatic heterocycles. The number of nitrogens with zero attached hydrogens (tertiary/aromatic N) is 2. The number of thiazole rings is 1. The number of halogens is 2. The maximum Gasteiger partial charge on any atom is 0.387 e. The van der Waals surface area contributed by atoms with Crippen LogP contribution in [0.15, 0.2) is 26.9 Å². The number of nitrogens with one attached hydrogen (secondary N) is 1. The molecule has 8 nitrogen and oxygen atoms in total. The van der Waals surface area contributed by atoms with Crippen LogP contribution in [0, 0.1) is 0 Å². The number of nitrogens with two attached hydrogens (primary N) is 1. The molecule has 0 aliphatic rings. The monoisotopic (exact) mass is 490 g/mol. The van der Waals surface area contributed by atoms with Gasteiger partial charge in [-0.25, -0.2) is 19.1 Å². The van der Waals surface area contributed by atoms with E-state index < -0.39 is 28.2 Å². The van der Waals surface area contributed by atoms with E-state index in [2.05, 4.69) is 19.4 Å². The molecule has 2 rings (SSSR count). The molecular weight excluding hydrogens is 462 g/mol. The highest BCUT2D eigenvalue weighted by atomic mass is 32.2. The third-order valence-electron chi connectivity index (χ3n) is 4.39. The number of aliphatic hydroxyl groups is 1. The van der Waals surface area contributed by atoms with Crippen LogP contribution in [0.2, 0.25) is 0 Å². The van der Waals surface area contributed by atoms with Gasteiger partial charge in [0, 0.05) is 5.69 Å². The summed E-state index contributed by atoms with van der Waals surface area (Å²) in [7, 11) is -3.63. The summed E-state index contributed by atoms with van der Waals surface area (Å²) in [6, 6.07) is 1.90. The molecule has 178 valence electrons. The third-order valence-corrected chi connectivity index (χ3v) is 7.58. The molecule has 4 N–H and O–H groups in total. The highest BCUT2D eigenvalue weighted by molar-refractivity contribution is 7.93. The lowest BCUT2D eigenvalue weighted by Gasteiger charge is -2.21. The van der Waals surface area contributed by atoms with Crippen molar-refractivity contribution in [1.82, 2.24) is 4.98 Å². The van der Waals surface area contributed by atoms with Gasteiger partial charge in [0.15, 0.2) is 9.92 Å². The SMILES string of the molecule is CC(C)c1cc(OC(F)F)cc(C(C)C)c1NC(=O)N=S(N)(=O)c1cnc(C(C)(C)O)s1. The Morgan fingerprint density at radius 1 is 1.25 bits per heavy atom. The molecule has 0 saturated carbocycles. The smallest absolute Gasteiger partial charge is 0.387 e. The Labute approximate surface area is 190 Å². The van der Waals surface area contributed by atoms with Gasteiger partial charge in [-0.2, -0.15) is 8.78 Å². The second-order valence-corrected chi connectivity index (χ2v) is 11.3. The van der Waals surface area contributed by atoms with E-state index in [4.69, 9.17) is 5.14 Å². The molecular formula is C20H28F2N4O4S2. The van der Waals surface area contributed by atoms with Crippen LogP contribution in [-0.2, 0) is 15.5 Å². The lowest BCUT2D eigenvalue weighted by molar-refractivity contribution is -0.0499. The number of benzene rings is 1. The molecule has 1 unspecified atom stereocenters. The Hall–Kier alpha value is -2.15. The first-order valence-electron chi connectivity index (χ1n) is 9.79. The fraction of sp³-hybridized carbons (Fsp3) is 0.500. The van der Waals surface area contributed by atoms with Crippen molar-refractivity contribution in [1.29, 1.82) is 0 Å². The zero-order valence-electron chi connectivity index (χ0n) is 18.7. The van der Waals surface area contributed by atoms with Crippen molar-refractivity contribution < 1.29 is 27.6 Å². The van der Waals surface area contributed by atoms with Crippen molar-refractivity contribution in [2.75, 3.05) is 5.32 Å². The Morgan fingerprint density at radius 3 is 2.19 bits per heavy atom. The number of carbonyl (C=O) groups is 1. The number of ether oxygens (including phenoxy) is 1. The van der Waals surface area contributed by atoms with E-state index in [1.807, 2.05) is 27.7 Å². The van der Waals surface area contributed by atoms with E-state index >= 15 is 0 Å². The van der Waals surface area contributed by atoms with Crippen LogP contribution in [0.3, 0.4) is 0 Å². The van der Waals surface area contributed by atoms with E-state index in [0.29, 0.717) is 16.8 Å². The maximum atomic E-state index is 12.9. The summed E-state index contributed by atoms with van der Waals surface area (Å²) in [6.45, 7) is 7.38. The Morgan fingerprint density at radius 2 is 1.78 bits per heavy atom. The highest BCUT2D eigenvalue weighted by Gasteiger charge is 2.24. The summed E-state index contributed by atoms with van der Waals surface area (Å²) in [5.41, 5.74) is 0.227. The van der Waals surface area contributed by atoms with Crippen molar-refractivity contribution in [3.05, 3.63) is 34.5 Å². The number of rotatable bonds is 7. The van der Waals surface area contributed by atoms with Gasteiger partial charge in [-0.15, -0.1) is 15.7 Å². The zero-order chi connectivity index (χ0) is 24.4. The predicted octanol–water partition coefficient (Wildman–Crippen LogP) is 5.15. The molecule has 0 saturated heterocycles. The van der Waals surface area contributed by atoms with E-state index in [1.165, 1.54) is 32.2 Å². The largest absolute Gasteiger partial charge is 0.435 e. The normalized spacial score (nSPS) is 14.0. The highest BCUT2D eigenvalue weighted by Crippen LogP contribution is 2.37. The van der Waals surface area contributed by atoms with Crippen LogP contribution in [0.1, 0.15) is 69.5 Å². The Balaban J connectivity index is 2.47. The average molecular weight is 491 g/mol. The number of hydrogen-bond acceptors (Lipinski definition) is 6. The third kappa shape index (κ3) is 6.44. The van der Waals surface area contributed by atoms with E-state index in [0.717, 1.165) is 11.3 Å². The van der Waals surface area contributed by atoms with Gasteiger partial charge in [0.1, 0.15) is 20.6 Å². The Kier molecular flexibility index (Phi) is 7.97. The molecule has 2 amide bonds. The van der Waals surface area contributed by atoms with Crippen molar-refractivity contribution >= 4 is 33.0 Å². The summed E-state index contributed by atoms with van der Waals surface area (Å²) in [4.78, 5) is 16.7. The first-order valence-corrected chi connectivity index (χ1v) is 12.2. The molecule has 1 aromatic carbocycles. The lowest BCUT2D eigenvalue weighted by atomic mass is 9.92. The molecule has 12 heteroatoms. The summed E-state index contributed by atoms with van der Waals surface area (Å²) in [6.07, 6.45) is 1.21. The second kappa shape index (κ2) is 9.77. The number of aromatic nitrogens is 1. The zero-order valence-corrected chi connectivity index (χ0v) is 20.3. The molecule has 0 bridgehead atoms. The number of amides is 2. The average Bonchev–Trinajstić information content (AvgIpc) is 3.12. The van der Waals surface area contributed by atoms with Crippen LogP contribution in [0.4, 0.5) is 19.3 Å². The topological polar surface area (TPSA) is 127 Å². The van der Waals surface area contributed by atoms with E-state index in [1.54, 1.807) is 0 Å². The van der Waals surface area contributed by atoms with E-state index in [-0.39, 0.29) is 26.8 Å². The van der Waals surface area contributed by atoms with E-state index in [9.17, 15) is 22.9 Å². The Bertz CT molecular complexity index is 1070. The minimum Gasteiger partial charge on any atom is -0.435 e. The van der Waals surface area contributed by atoms with Gasteiger partial charge in [0.2, 0.25) is 0 Å². The summed E-state index contributed by atoms with van der Waals surface area (Å²) in [5, 5.41) is 18.7. The fourth-order valence-electron chi connectivity index (χ4n) is 2.86. The molecule has 0 aliphatic carbocycles. The van der Waals surface area contributed by atoms with Crippen LogP contribution < -0.4 is 15.2 Å². The minimum atomic E-state index is -3.63. The quantitative estimate of drug-likeness (QED) is 0.495. The number of urea groups is 1. The molecule has 0 fully saturated rings. The number of hydrogen-bond donors (Lipinski definition) is 3. The molecule has 1 atom stereocenters. The van der Waals surface area contributed by atoms with Gasteiger partial charge in [-0.05, 0) is 48.9 Å². The van der Waals surface area contributed by atoms with Gasteiger partial charge in [0.05, 0.1) is 6.20 Å². The lowest BCUT2D eigenvalue weighted by Crippen LogP contribution is -2.18. The molecule has 0 spiro atoms. The minimum absolute atomic E-state index is 0.0197. The van der Waals surface area contributed by atoms with Crippen molar-refractivity contribution in [2.45, 2.75) is 69.8 Å². The first-order chi connectivity index (χ1) is 14.6. The first kappa shape index (κ1) is 26.1. The van der Waals surface area contributed by atoms with Crippen molar-refractivity contribution in [3.63, 3.8) is 0 Å². The van der Waals surface area contributed by atoms with Gasteiger partial charge < -0.3 is 15.2 Å². The predicted molar refractivity (Wildman–Crippen MR) is 121 cm³/mol. The number of alkyl halides is 2. The standard InChI is InChI=1S/C20H28F2N4O4S2/c1-10(2)13-7-12(30-18(21)22)8-14(11(3)4)16(13)25-19(27)26-32(23,29)15-9-24-17(31-15)20(5,6)28/h7-11,18,28H,1-6H3,(H3,23,25,26,27,29). The summed E-state index contributed by atoms with van der Waals surface area (Å²) >= 11 is 0.896. The molecule has 2 aromatic rings. The van der Waals surface area contributed by atoms with Crippen LogP contribution in [0.5, 0.6) is 5.75 Å².